The molecule has 9 nitrogen and oxygen atoms in total. The maximum Gasteiger partial charge on any atom is 3.00 e. The molecule has 0 amide bonds. The fourth-order valence-corrected chi connectivity index (χ4v) is 0. The van der Waals surface area contributed by atoms with E-state index in [4.69, 9.17) is 45.0 Å². The van der Waals surface area contributed by atoms with Crippen molar-refractivity contribution in [3.8, 4) is 0 Å². The molecule has 0 rings (SSSR count). The van der Waals surface area contributed by atoms with Crippen LogP contribution in [0.4, 0.5) is 14.4 Å². The van der Waals surface area contributed by atoms with Crippen molar-refractivity contribution in [2.75, 3.05) is 0 Å². The molecular formula is C3CeO9Y. The molecule has 0 aliphatic rings. The summed E-state index contributed by atoms with van der Waals surface area (Å²) in [5.41, 5.74) is 0. The minimum atomic E-state index is -2.33. The average Bonchev–Trinajstić information content (AvgIpc) is 1.54. The molecule has 73 valence electrons. The van der Waals surface area contributed by atoms with E-state index in [-0.39, 0.29) is 74.5 Å². The van der Waals surface area contributed by atoms with Gasteiger partial charge in [0, 0.05) is 0 Å². The quantitative estimate of drug-likeness (QED) is 0.374. The van der Waals surface area contributed by atoms with Gasteiger partial charge in [0.05, 0.1) is 0 Å². The Morgan fingerprint density at radius 3 is 0.571 bits per heavy atom. The third kappa shape index (κ3) is 18600. The molecule has 0 aliphatic heterocycles. The molecule has 0 N–H and O–H groups in total. The van der Waals surface area contributed by atoms with Gasteiger partial charge >= 0.3 is 74.5 Å². The van der Waals surface area contributed by atoms with E-state index in [1.165, 1.54) is 0 Å². The van der Waals surface area contributed by atoms with Gasteiger partial charge in [-0.15, -0.1) is 0 Å². The monoisotopic (exact) mass is 409 g/mol. The summed E-state index contributed by atoms with van der Waals surface area (Å²) in [6.07, 6.45) is -7.00. The van der Waals surface area contributed by atoms with E-state index < -0.39 is 18.5 Å². The van der Waals surface area contributed by atoms with Crippen molar-refractivity contribution in [3.05, 3.63) is 0 Å². The van der Waals surface area contributed by atoms with Gasteiger partial charge in [-0.3, -0.25) is 0 Å². The van der Waals surface area contributed by atoms with Gasteiger partial charge in [0.1, 0.15) is 0 Å². The van der Waals surface area contributed by atoms with E-state index in [0.29, 0.717) is 0 Å². The Kier molecular flexibility index (Phi) is 48.6. The number of carboxylic acid groups (broad SMARTS) is 6. The summed E-state index contributed by atoms with van der Waals surface area (Å²) in [4.78, 5) is 25.0. The maximum absolute atomic E-state index is 8.33. The molecule has 0 saturated heterocycles. The van der Waals surface area contributed by atoms with Crippen LogP contribution in [0.2, 0.25) is 0 Å². The predicted octanol–water partition coefficient (Wildman–Crippen LogP) is -7.34. The van der Waals surface area contributed by atoms with Crippen LogP contribution in [-0.2, 0) is 32.7 Å². The number of hydrogen-bond donors (Lipinski definition) is 0. The predicted molar refractivity (Wildman–Crippen MR) is 16.2 cm³/mol. The Hall–Kier alpha value is 0.291. The molecule has 0 heterocycles. The Morgan fingerprint density at radius 1 is 0.571 bits per heavy atom. The zero-order valence-corrected chi connectivity index (χ0v) is 12.2. The number of carbonyl (C=O) groups excluding carboxylic acids is 3. The summed E-state index contributed by atoms with van der Waals surface area (Å²) < 4.78 is 0. The molecular weight excluding hydrogens is 409 g/mol. The van der Waals surface area contributed by atoms with Crippen molar-refractivity contribution < 1.29 is 119 Å². The van der Waals surface area contributed by atoms with E-state index in [1.807, 2.05) is 0 Å². The molecule has 0 saturated carbocycles. The van der Waals surface area contributed by atoms with Crippen LogP contribution in [-0.4, -0.2) is 18.5 Å². The SMILES string of the molecule is O=C([O-])[O-].O=C([O-])[O-].O=C([O-])[O-].[Ce+3].[Y+3]. The van der Waals surface area contributed by atoms with E-state index in [1.54, 1.807) is 0 Å². The summed E-state index contributed by atoms with van der Waals surface area (Å²) in [6.45, 7) is 0. The second kappa shape index (κ2) is 23.3. The van der Waals surface area contributed by atoms with E-state index >= 15 is 0 Å². The second-order valence-electron chi connectivity index (χ2n) is 0.750. The standard InChI is InChI=1S/3CH2O3.Ce.Y/c3*2-1(3)4;;/h3*(H2,2,3,4);;/q;;;2*+3/p-6. The molecule has 0 aromatic rings. The summed E-state index contributed by atoms with van der Waals surface area (Å²) in [5.74, 6) is 0. The van der Waals surface area contributed by atoms with Gasteiger partial charge in [0.2, 0.25) is 0 Å². The molecule has 1 radical (unpaired) electrons. The second-order valence-corrected chi connectivity index (χ2v) is 0.750. The first-order valence-corrected chi connectivity index (χ1v) is 1.84. The molecule has 0 fully saturated rings. The van der Waals surface area contributed by atoms with Crippen molar-refractivity contribution in [1.82, 2.24) is 0 Å². The van der Waals surface area contributed by atoms with Crippen LogP contribution in [0, 0.1) is 41.7 Å². The fraction of sp³-hybridized carbons (Fsp3) is 0. The van der Waals surface area contributed by atoms with Crippen molar-refractivity contribution in [2.24, 2.45) is 0 Å². The topological polar surface area (TPSA) is 190 Å². The molecule has 11 heteroatoms. The van der Waals surface area contributed by atoms with Gasteiger partial charge in [-0.05, 0) is 18.5 Å². The van der Waals surface area contributed by atoms with Gasteiger partial charge in [-0.1, -0.05) is 0 Å². The fourth-order valence-electron chi connectivity index (χ4n) is 0. The molecule has 0 spiro atoms. The summed E-state index contributed by atoms with van der Waals surface area (Å²) in [7, 11) is 0. The number of hydrogen-bond acceptors (Lipinski definition) is 9. The van der Waals surface area contributed by atoms with Crippen LogP contribution < -0.4 is 30.6 Å². The first kappa shape index (κ1) is 29.2. The van der Waals surface area contributed by atoms with E-state index in [2.05, 4.69) is 0 Å². The van der Waals surface area contributed by atoms with Crippen LogP contribution in [0.1, 0.15) is 0 Å². The molecule has 0 unspecified atom stereocenters. The van der Waals surface area contributed by atoms with Crippen molar-refractivity contribution in [1.29, 1.82) is 0 Å². The summed E-state index contributed by atoms with van der Waals surface area (Å²) in [5, 5.41) is 50.0. The first-order valence-electron chi connectivity index (χ1n) is 1.84. The Balaban J connectivity index is -0.0000000270. The maximum atomic E-state index is 8.33. The van der Waals surface area contributed by atoms with Gasteiger partial charge < -0.3 is 45.0 Å². The average molecular weight is 409 g/mol. The number of rotatable bonds is 0. The largest absolute Gasteiger partial charge is 3.00 e. The smallest absolute Gasteiger partial charge is 0.652 e. The van der Waals surface area contributed by atoms with Crippen molar-refractivity contribution >= 4 is 18.5 Å². The first-order chi connectivity index (χ1) is 5.20. The molecule has 0 atom stereocenters. The normalized spacial score (nSPS) is 5.14. The Morgan fingerprint density at radius 2 is 0.571 bits per heavy atom. The van der Waals surface area contributed by atoms with Crippen LogP contribution in [0.3, 0.4) is 0 Å². The van der Waals surface area contributed by atoms with Gasteiger partial charge in [0.15, 0.2) is 0 Å². The number of carbonyl (C=O) groups is 3. The van der Waals surface area contributed by atoms with Gasteiger partial charge in [0.25, 0.3) is 0 Å². The van der Waals surface area contributed by atoms with Crippen LogP contribution >= 0.6 is 0 Å². The molecule has 0 aromatic carbocycles. The van der Waals surface area contributed by atoms with Crippen LogP contribution in [0.25, 0.3) is 0 Å². The van der Waals surface area contributed by atoms with Crippen LogP contribution in [0.15, 0.2) is 0 Å². The molecule has 14 heavy (non-hydrogen) atoms. The van der Waals surface area contributed by atoms with E-state index in [0.717, 1.165) is 0 Å². The zero-order valence-electron chi connectivity index (χ0n) is 6.25. The molecule has 0 aliphatic carbocycles. The van der Waals surface area contributed by atoms with Crippen molar-refractivity contribution in [2.45, 2.75) is 0 Å². The molecule has 0 bridgehead atoms. The third-order valence-electron chi connectivity index (χ3n) is 0. The minimum Gasteiger partial charge on any atom is -0.652 e. The minimum absolute atomic E-state index is 0. The zero-order chi connectivity index (χ0) is 10.7. The molecule has 0 aromatic heterocycles. The Bertz CT molecular complexity index is 118. The Labute approximate surface area is 136 Å². The van der Waals surface area contributed by atoms with Crippen molar-refractivity contribution in [3.63, 3.8) is 0 Å². The van der Waals surface area contributed by atoms with Gasteiger partial charge in [-0.2, -0.15) is 0 Å². The summed E-state index contributed by atoms with van der Waals surface area (Å²) >= 11 is 0. The van der Waals surface area contributed by atoms with Crippen LogP contribution in [0.5, 0.6) is 0 Å². The van der Waals surface area contributed by atoms with E-state index in [9.17, 15) is 0 Å². The van der Waals surface area contributed by atoms with Gasteiger partial charge in [-0.25, -0.2) is 0 Å². The third-order valence-corrected chi connectivity index (χ3v) is 0. The summed E-state index contributed by atoms with van der Waals surface area (Å²) in [6, 6.07) is 0.